The van der Waals surface area contributed by atoms with Gasteiger partial charge in [-0.1, -0.05) is 41.0 Å². The van der Waals surface area contributed by atoms with Crippen molar-refractivity contribution in [1.82, 2.24) is 15.1 Å². The smallest absolute Gasteiger partial charge is 0.407 e. The molecule has 2 spiro atoms. The van der Waals surface area contributed by atoms with Gasteiger partial charge in [-0.25, -0.2) is 4.79 Å². The van der Waals surface area contributed by atoms with Crippen molar-refractivity contribution in [2.45, 2.75) is 168 Å². The number of nitrogens with zero attached hydrogens (tertiary/aromatic N) is 2. The van der Waals surface area contributed by atoms with Crippen LogP contribution in [0.2, 0.25) is 0 Å². The van der Waals surface area contributed by atoms with E-state index in [1.807, 2.05) is 20.8 Å². The van der Waals surface area contributed by atoms with Crippen LogP contribution < -0.4 is 5.32 Å². The van der Waals surface area contributed by atoms with Crippen molar-refractivity contribution < 1.29 is 29.2 Å². The van der Waals surface area contributed by atoms with E-state index in [-0.39, 0.29) is 57.4 Å². The monoisotopic (exact) mass is 728 g/mol. The normalized spacial score (nSPS) is 47.9. The van der Waals surface area contributed by atoms with Crippen LogP contribution in [0.3, 0.4) is 0 Å². The molecule has 8 fully saturated rings. The fourth-order valence-electron chi connectivity index (χ4n) is 15.3. The van der Waals surface area contributed by atoms with Gasteiger partial charge >= 0.3 is 6.09 Å². The van der Waals surface area contributed by atoms with Crippen molar-refractivity contribution in [1.29, 1.82) is 0 Å². The molecule has 296 valence electrons. The van der Waals surface area contributed by atoms with Crippen molar-refractivity contribution in [3.63, 3.8) is 0 Å². The van der Waals surface area contributed by atoms with E-state index in [0.29, 0.717) is 30.9 Å². The maximum atomic E-state index is 13.2. The molecule has 8 rings (SSSR count). The third kappa shape index (κ3) is 5.45. The first-order valence-electron chi connectivity index (χ1n) is 21.6. The largest absolute Gasteiger partial charge is 0.446 e. The molecule has 0 radical (unpaired) electrons. The van der Waals surface area contributed by atoms with E-state index in [9.17, 15) is 15.0 Å². The van der Waals surface area contributed by atoms with Crippen LogP contribution in [-0.4, -0.2) is 114 Å². The molecule has 0 bridgehead atoms. The Bertz CT molecular complexity index is 1340. The van der Waals surface area contributed by atoms with Crippen LogP contribution in [0.4, 0.5) is 4.79 Å². The Morgan fingerprint density at radius 3 is 2.33 bits per heavy atom. The number of rotatable bonds is 9. The lowest BCUT2D eigenvalue weighted by Gasteiger charge is -2.63. The van der Waals surface area contributed by atoms with Crippen LogP contribution in [0.25, 0.3) is 0 Å². The second kappa shape index (κ2) is 13.0. The van der Waals surface area contributed by atoms with Crippen molar-refractivity contribution in [3.8, 4) is 0 Å². The molecule has 2 heterocycles. The summed E-state index contributed by atoms with van der Waals surface area (Å²) in [5, 5.41) is 26.8. The van der Waals surface area contributed by atoms with Crippen molar-refractivity contribution in [2.75, 3.05) is 45.9 Å². The zero-order valence-electron chi connectivity index (χ0n) is 33.9. The summed E-state index contributed by atoms with van der Waals surface area (Å²) >= 11 is 0. The minimum Gasteiger partial charge on any atom is -0.446 e. The minimum absolute atomic E-state index is 0.0120. The fraction of sp³-hybridized carbons (Fsp3) is 0.977. The molecule has 1 amide bonds. The Kier molecular flexibility index (Phi) is 9.51. The molecule has 6 saturated carbocycles. The van der Waals surface area contributed by atoms with Crippen LogP contribution in [0.1, 0.15) is 126 Å². The molecule has 2 saturated heterocycles. The van der Waals surface area contributed by atoms with Crippen LogP contribution in [-0.2, 0) is 14.2 Å². The van der Waals surface area contributed by atoms with E-state index < -0.39 is 17.8 Å². The van der Waals surface area contributed by atoms with Gasteiger partial charge in [-0.2, -0.15) is 0 Å². The SMILES string of the molecule is CCO[C@@H](C1C[C@@H](C)[C@H]2C(O1)[C@H](O)[C@@]1(C)C3CC[C@H]4C(C)(C)[C@@H](OC(=O)NCCN5CCN(C6CCC6)CC5)CC[C@@]45C[C@@]35CC[C@]21C)C(C)(C)O. The van der Waals surface area contributed by atoms with Gasteiger partial charge in [0.05, 0.1) is 23.9 Å². The number of fused-ring (bicyclic) bond motifs is 4. The Morgan fingerprint density at radius 1 is 0.981 bits per heavy atom. The highest BCUT2D eigenvalue weighted by atomic mass is 16.6. The number of aliphatic hydroxyl groups excluding tert-OH is 1. The number of amides is 1. The molecule has 52 heavy (non-hydrogen) atoms. The Morgan fingerprint density at radius 2 is 1.67 bits per heavy atom. The van der Waals surface area contributed by atoms with Gasteiger partial charge in [-0.15, -0.1) is 0 Å². The third-order valence-corrected chi connectivity index (χ3v) is 18.1. The maximum absolute atomic E-state index is 13.2. The lowest BCUT2D eigenvalue weighted by atomic mass is 9.41. The summed E-state index contributed by atoms with van der Waals surface area (Å²) in [5.41, 5.74) is -0.860. The Labute approximate surface area is 314 Å². The van der Waals surface area contributed by atoms with E-state index in [4.69, 9.17) is 14.2 Å². The molecule has 8 aliphatic rings. The topological polar surface area (TPSA) is 104 Å². The first kappa shape index (κ1) is 37.9. The van der Waals surface area contributed by atoms with E-state index in [0.717, 1.165) is 77.3 Å². The molecular formula is C43H73N3O6. The first-order chi connectivity index (χ1) is 24.5. The highest BCUT2D eigenvalue weighted by molar-refractivity contribution is 5.67. The van der Waals surface area contributed by atoms with Crippen molar-refractivity contribution in [3.05, 3.63) is 0 Å². The molecule has 0 aromatic carbocycles. The summed E-state index contributed by atoms with van der Waals surface area (Å²) in [6, 6.07) is 0.820. The highest BCUT2D eigenvalue weighted by Gasteiger charge is 2.84. The number of ether oxygens (including phenoxy) is 3. The maximum Gasteiger partial charge on any atom is 0.407 e. The molecule has 0 aromatic rings. The van der Waals surface area contributed by atoms with Crippen LogP contribution >= 0.6 is 0 Å². The second-order valence-corrected chi connectivity index (χ2v) is 20.9. The van der Waals surface area contributed by atoms with Crippen LogP contribution in [0.15, 0.2) is 0 Å². The molecule has 6 aliphatic carbocycles. The Balaban J connectivity index is 0.922. The van der Waals surface area contributed by atoms with E-state index >= 15 is 0 Å². The zero-order chi connectivity index (χ0) is 37.1. The van der Waals surface area contributed by atoms with Gasteiger partial charge in [-0.05, 0) is 125 Å². The fourth-order valence-corrected chi connectivity index (χ4v) is 15.3. The van der Waals surface area contributed by atoms with Crippen LogP contribution in [0.5, 0.6) is 0 Å². The van der Waals surface area contributed by atoms with Crippen molar-refractivity contribution >= 4 is 6.09 Å². The van der Waals surface area contributed by atoms with E-state index in [1.165, 1.54) is 32.1 Å². The van der Waals surface area contributed by atoms with Gasteiger partial charge in [0.2, 0.25) is 0 Å². The Hall–Kier alpha value is -0.970. The number of carbonyl (C=O) groups excluding carboxylic acids is 1. The summed E-state index contributed by atoms with van der Waals surface area (Å²) < 4.78 is 19.4. The molecule has 2 aliphatic heterocycles. The van der Waals surface area contributed by atoms with Crippen molar-refractivity contribution in [2.24, 2.45) is 50.7 Å². The number of aliphatic hydroxyl groups is 2. The molecule has 9 heteroatoms. The van der Waals surface area contributed by atoms with Gasteiger partial charge < -0.3 is 29.7 Å². The predicted octanol–water partition coefficient (Wildman–Crippen LogP) is 6.24. The summed E-state index contributed by atoms with van der Waals surface area (Å²) in [6.45, 7) is 24.2. The number of hydrogen-bond acceptors (Lipinski definition) is 8. The summed E-state index contributed by atoms with van der Waals surface area (Å²) in [7, 11) is 0. The minimum atomic E-state index is -1.03. The number of alkyl carbamates (subject to hydrolysis) is 1. The average molecular weight is 728 g/mol. The average Bonchev–Trinajstić information content (AvgIpc) is 3.69. The zero-order valence-corrected chi connectivity index (χ0v) is 33.9. The first-order valence-corrected chi connectivity index (χ1v) is 21.6. The number of hydrogen-bond donors (Lipinski definition) is 3. The molecule has 3 unspecified atom stereocenters. The van der Waals surface area contributed by atoms with Crippen LogP contribution in [0, 0.1) is 50.7 Å². The lowest BCUT2D eigenvalue weighted by molar-refractivity contribution is -0.215. The van der Waals surface area contributed by atoms with E-state index in [2.05, 4.69) is 49.7 Å². The molecule has 0 aromatic heterocycles. The van der Waals surface area contributed by atoms with Gasteiger partial charge in [0.25, 0.3) is 0 Å². The van der Waals surface area contributed by atoms with Gasteiger partial charge in [0, 0.05) is 62.7 Å². The standard InChI is InChI=1S/C43H73N3O6/c1-9-50-36(39(5,6)49)29-25-27(2)33-34(51-29)35(47)41(8)31-14-13-30-38(3,4)32(15-16-42(30)26-43(31,42)18-17-40(33,41)7)52-37(48)44-19-20-45-21-23-46(24-22-45)28-11-10-12-28/h27-36,47,49H,9-26H2,1-8H3,(H,44,48)/t27-,29?,30+,31?,32+,33+,34?,35+,36+,40-,41-,42-,43+/m1/s1. The molecule has 3 N–H and O–H groups in total. The third-order valence-electron chi connectivity index (χ3n) is 18.1. The highest BCUT2D eigenvalue weighted by Crippen LogP contribution is 2.89. The second-order valence-electron chi connectivity index (χ2n) is 20.9. The lowest BCUT2D eigenvalue weighted by Crippen LogP contribution is -2.60. The molecular weight excluding hydrogens is 654 g/mol. The number of piperazine rings is 1. The number of nitrogens with one attached hydrogen (secondary N) is 1. The number of carbonyl (C=O) groups is 1. The van der Waals surface area contributed by atoms with E-state index in [1.54, 1.807) is 0 Å². The quantitative estimate of drug-likeness (QED) is 0.257. The summed E-state index contributed by atoms with van der Waals surface area (Å²) in [4.78, 5) is 18.4. The predicted molar refractivity (Wildman–Crippen MR) is 202 cm³/mol. The summed E-state index contributed by atoms with van der Waals surface area (Å²) in [6.07, 6.45) is 11.1. The van der Waals surface area contributed by atoms with Gasteiger partial charge in [0.1, 0.15) is 12.2 Å². The van der Waals surface area contributed by atoms with Gasteiger partial charge in [-0.3, -0.25) is 9.80 Å². The van der Waals surface area contributed by atoms with Gasteiger partial charge in [0.15, 0.2) is 0 Å². The molecule has 13 atom stereocenters. The summed E-state index contributed by atoms with van der Waals surface area (Å²) in [5.74, 6) is 1.62. The molecule has 9 nitrogen and oxygen atoms in total.